The molecule has 0 fully saturated rings. The van der Waals surface area contributed by atoms with Gasteiger partial charge in [0.15, 0.2) is 0 Å². The number of aryl methyl sites for hydroxylation is 1. The maximum atomic E-state index is 12.5. The highest BCUT2D eigenvalue weighted by Gasteiger charge is 2.14. The van der Waals surface area contributed by atoms with Gasteiger partial charge in [-0.3, -0.25) is 4.72 Å². The Kier molecular flexibility index (Phi) is 6.16. The Morgan fingerprint density at radius 3 is 2.14 bits per heavy atom. The zero-order chi connectivity index (χ0) is 20.0. The van der Waals surface area contributed by atoms with Crippen molar-refractivity contribution in [2.75, 3.05) is 16.6 Å². The van der Waals surface area contributed by atoms with E-state index >= 15 is 0 Å². The van der Waals surface area contributed by atoms with Crippen molar-refractivity contribution < 1.29 is 13.2 Å². The summed E-state index contributed by atoms with van der Waals surface area (Å²) < 4.78 is 32.9. The van der Waals surface area contributed by atoms with Crippen molar-refractivity contribution in [2.45, 2.75) is 25.2 Å². The van der Waals surface area contributed by atoms with E-state index in [1.807, 2.05) is 19.1 Å². The van der Waals surface area contributed by atoms with E-state index in [0.717, 1.165) is 12.1 Å². The molecule has 1 aromatic heterocycles. The van der Waals surface area contributed by atoms with Crippen LogP contribution in [-0.2, 0) is 16.4 Å². The Morgan fingerprint density at radius 2 is 1.57 bits per heavy atom. The van der Waals surface area contributed by atoms with Crippen LogP contribution in [-0.4, -0.2) is 20.0 Å². The predicted octanol–water partition coefficient (Wildman–Crippen LogP) is 4.59. The highest BCUT2D eigenvalue weighted by atomic mass is 32.2. The standard InChI is InChI=1S/C21H23N3O3S/c1-3-16-5-7-17(8-6-16)23-21-14-9-18(15-22-21)24-28(25,26)20-12-10-19(11-13-20)27-4-2/h5-15,24H,3-4H2,1-2H3,(H,22,23). The van der Waals surface area contributed by atoms with E-state index in [0.29, 0.717) is 23.9 Å². The van der Waals surface area contributed by atoms with E-state index in [1.165, 1.54) is 23.9 Å². The number of rotatable bonds is 8. The van der Waals surface area contributed by atoms with Crippen molar-refractivity contribution in [2.24, 2.45) is 0 Å². The van der Waals surface area contributed by atoms with Crippen molar-refractivity contribution in [3.63, 3.8) is 0 Å². The Morgan fingerprint density at radius 1 is 0.893 bits per heavy atom. The zero-order valence-corrected chi connectivity index (χ0v) is 16.7. The average Bonchev–Trinajstić information content (AvgIpc) is 2.70. The number of ether oxygens (including phenoxy) is 1. The van der Waals surface area contributed by atoms with Gasteiger partial charge in [0.2, 0.25) is 0 Å². The molecule has 0 amide bonds. The topological polar surface area (TPSA) is 80.3 Å². The molecular weight excluding hydrogens is 374 g/mol. The lowest BCUT2D eigenvalue weighted by atomic mass is 10.1. The molecule has 6 nitrogen and oxygen atoms in total. The number of sulfonamides is 1. The van der Waals surface area contributed by atoms with Gasteiger partial charge >= 0.3 is 0 Å². The molecular formula is C21H23N3O3S. The maximum absolute atomic E-state index is 12.5. The predicted molar refractivity (Wildman–Crippen MR) is 112 cm³/mol. The van der Waals surface area contributed by atoms with Crippen LogP contribution in [0.25, 0.3) is 0 Å². The van der Waals surface area contributed by atoms with Crippen LogP contribution in [0.5, 0.6) is 5.75 Å². The first-order valence-corrected chi connectivity index (χ1v) is 10.6. The molecule has 0 atom stereocenters. The van der Waals surface area contributed by atoms with Gasteiger partial charge in [-0.15, -0.1) is 0 Å². The molecule has 0 saturated carbocycles. The van der Waals surface area contributed by atoms with Crippen LogP contribution >= 0.6 is 0 Å². The van der Waals surface area contributed by atoms with E-state index < -0.39 is 10.0 Å². The fourth-order valence-corrected chi connectivity index (χ4v) is 3.64. The molecule has 3 aromatic rings. The summed E-state index contributed by atoms with van der Waals surface area (Å²) in [5, 5.41) is 3.19. The quantitative estimate of drug-likeness (QED) is 0.581. The van der Waals surface area contributed by atoms with E-state index in [1.54, 1.807) is 24.3 Å². The van der Waals surface area contributed by atoms with Gasteiger partial charge in [-0.25, -0.2) is 13.4 Å². The average molecular weight is 398 g/mol. The third kappa shape index (κ3) is 5.01. The summed E-state index contributed by atoms with van der Waals surface area (Å²) in [6, 6.07) is 17.8. The second-order valence-electron chi connectivity index (χ2n) is 6.12. The number of nitrogens with one attached hydrogen (secondary N) is 2. The highest BCUT2D eigenvalue weighted by Crippen LogP contribution is 2.21. The van der Waals surface area contributed by atoms with Crippen LogP contribution in [0.3, 0.4) is 0 Å². The molecule has 146 valence electrons. The maximum Gasteiger partial charge on any atom is 0.261 e. The lowest BCUT2D eigenvalue weighted by molar-refractivity contribution is 0.340. The first-order chi connectivity index (χ1) is 13.5. The number of benzene rings is 2. The fraction of sp³-hybridized carbons (Fsp3) is 0.190. The molecule has 2 N–H and O–H groups in total. The Hall–Kier alpha value is -3.06. The number of anilines is 3. The SMILES string of the molecule is CCOc1ccc(S(=O)(=O)Nc2ccc(Nc3ccc(CC)cc3)nc2)cc1. The normalized spacial score (nSPS) is 11.1. The second-order valence-corrected chi connectivity index (χ2v) is 7.80. The van der Waals surface area contributed by atoms with Gasteiger partial charge in [0, 0.05) is 5.69 Å². The zero-order valence-electron chi connectivity index (χ0n) is 15.8. The van der Waals surface area contributed by atoms with Crippen molar-refractivity contribution in [3.8, 4) is 5.75 Å². The summed E-state index contributed by atoms with van der Waals surface area (Å²) in [5.74, 6) is 1.26. The van der Waals surface area contributed by atoms with Crippen molar-refractivity contribution >= 4 is 27.2 Å². The van der Waals surface area contributed by atoms with Crippen LogP contribution in [0.15, 0.2) is 71.8 Å². The Bertz CT molecular complexity index is 1000. The molecule has 0 bridgehead atoms. The molecule has 28 heavy (non-hydrogen) atoms. The largest absolute Gasteiger partial charge is 0.494 e. The van der Waals surface area contributed by atoms with Crippen molar-refractivity contribution in [1.82, 2.24) is 4.98 Å². The molecule has 0 aliphatic carbocycles. The molecule has 0 unspecified atom stereocenters. The first kappa shape index (κ1) is 19.7. The summed E-state index contributed by atoms with van der Waals surface area (Å²) in [7, 11) is -3.69. The number of aromatic nitrogens is 1. The highest BCUT2D eigenvalue weighted by molar-refractivity contribution is 7.92. The van der Waals surface area contributed by atoms with Gasteiger partial charge in [-0.1, -0.05) is 19.1 Å². The molecule has 1 heterocycles. The monoisotopic (exact) mass is 397 g/mol. The minimum atomic E-state index is -3.69. The number of hydrogen-bond donors (Lipinski definition) is 2. The Balaban J connectivity index is 1.67. The summed E-state index contributed by atoms with van der Waals surface area (Å²) in [4.78, 5) is 4.44. The number of hydrogen-bond acceptors (Lipinski definition) is 5. The van der Waals surface area contributed by atoms with E-state index in [-0.39, 0.29) is 4.90 Å². The van der Waals surface area contributed by atoms with E-state index in [9.17, 15) is 8.42 Å². The Labute approximate surface area is 165 Å². The van der Waals surface area contributed by atoms with Crippen LogP contribution in [0.1, 0.15) is 19.4 Å². The van der Waals surface area contributed by atoms with Crippen molar-refractivity contribution in [3.05, 3.63) is 72.4 Å². The number of nitrogens with zero attached hydrogens (tertiary/aromatic N) is 1. The van der Waals surface area contributed by atoms with Crippen LogP contribution in [0, 0.1) is 0 Å². The fourth-order valence-electron chi connectivity index (χ4n) is 2.60. The molecule has 0 saturated heterocycles. The summed E-state index contributed by atoms with van der Waals surface area (Å²) >= 11 is 0. The van der Waals surface area contributed by atoms with E-state index in [4.69, 9.17) is 4.74 Å². The summed E-state index contributed by atoms with van der Waals surface area (Å²) in [6.45, 7) is 4.51. The number of pyridine rings is 1. The molecule has 0 spiro atoms. The summed E-state index contributed by atoms with van der Waals surface area (Å²) in [6.07, 6.45) is 2.47. The molecule has 3 rings (SSSR count). The van der Waals surface area contributed by atoms with Gasteiger partial charge in [0.1, 0.15) is 11.6 Å². The second kappa shape index (κ2) is 8.75. The molecule has 0 aliphatic heterocycles. The van der Waals surface area contributed by atoms with Gasteiger partial charge in [0.25, 0.3) is 10.0 Å². The van der Waals surface area contributed by atoms with Gasteiger partial charge in [-0.05, 0) is 67.4 Å². The summed E-state index contributed by atoms with van der Waals surface area (Å²) in [5.41, 5.74) is 2.57. The van der Waals surface area contributed by atoms with Gasteiger partial charge in [-0.2, -0.15) is 0 Å². The third-order valence-corrected chi connectivity index (χ3v) is 5.49. The molecule has 0 radical (unpaired) electrons. The smallest absolute Gasteiger partial charge is 0.261 e. The van der Waals surface area contributed by atoms with Gasteiger partial charge < -0.3 is 10.1 Å². The van der Waals surface area contributed by atoms with Crippen LogP contribution in [0.2, 0.25) is 0 Å². The minimum absolute atomic E-state index is 0.161. The molecule has 2 aromatic carbocycles. The van der Waals surface area contributed by atoms with Crippen LogP contribution in [0.4, 0.5) is 17.2 Å². The third-order valence-electron chi connectivity index (χ3n) is 4.10. The first-order valence-electron chi connectivity index (χ1n) is 9.08. The lowest BCUT2D eigenvalue weighted by Gasteiger charge is -2.10. The molecule has 7 heteroatoms. The van der Waals surface area contributed by atoms with E-state index in [2.05, 4.69) is 34.1 Å². The van der Waals surface area contributed by atoms with Crippen LogP contribution < -0.4 is 14.8 Å². The van der Waals surface area contributed by atoms with Crippen molar-refractivity contribution in [1.29, 1.82) is 0 Å². The van der Waals surface area contributed by atoms with Gasteiger partial charge in [0.05, 0.1) is 23.4 Å². The molecule has 0 aliphatic rings. The minimum Gasteiger partial charge on any atom is -0.494 e. The lowest BCUT2D eigenvalue weighted by Crippen LogP contribution is -2.13.